The molecule has 1 fully saturated rings. The second kappa shape index (κ2) is 10.2. The van der Waals surface area contributed by atoms with E-state index in [0.29, 0.717) is 18.1 Å². The third-order valence-electron chi connectivity index (χ3n) is 5.01. The molecule has 1 saturated carbocycles. The van der Waals surface area contributed by atoms with Crippen LogP contribution in [-0.2, 0) is 14.6 Å². The predicted octanol–water partition coefficient (Wildman–Crippen LogP) is 3.78. The van der Waals surface area contributed by atoms with E-state index in [0.717, 1.165) is 12.7 Å². The fourth-order valence-corrected chi connectivity index (χ4v) is 4.00. The maximum atomic E-state index is 13.7. The third kappa shape index (κ3) is 6.09. The molecule has 7 nitrogen and oxygen atoms in total. The molecule has 3 rings (SSSR count). The Labute approximate surface area is 185 Å². The Morgan fingerprint density at radius 1 is 1.16 bits per heavy atom. The van der Waals surface area contributed by atoms with Crippen molar-refractivity contribution in [2.45, 2.75) is 43.4 Å². The molecule has 0 bridgehead atoms. The number of alkyl halides is 2. The normalized spacial score (nSPS) is 21.4. The number of rotatable bonds is 8. The van der Waals surface area contributed by atoms with Gasteiger partial charge in [-0.25, -0.2) is 27.2 Å². The van der Waals surface area contributed by atoms with Gasteiger partial charge in [-0.2, -0.15) is 0 Å². The number of halogens is 2. The van der Waals surface area contributed by atoms with E-state index in [1.54, 1.807) is 0 Å². The van der Waals surface area contributed by atoms with Crippen LogP contribution in [0.5, 0.6) is 5.88 Å². The van der Waals surface area contributed by atoms with Crippen LogP contribution in [0.3, 0.4) is 0 Å². The third-order valence-corrected chi connectivity index (χ3v) is 6.14. The lowest BCUT2D eigenvalue weighted by Crippen LogP contribution is -2.16. The van der Waals surface area contributed by atoms with Crippen molar-refractivity contribution in [3.8, 4) is 5.88 Å². The molecule has 0 aliphatic heterocycles. The lowest BCUT2D eigenvalue weighted by atomic mass is 9.98. The van der Waals surface area contributed by atoms with E-state index in [9.17, 15) is 22.0 Å². The number of anilines is 1. The Balaban J connectivity index is 1.85. The summed E-state index contributed by atoms with van der Waals surface area (Å²) < 4.78 is 56.2. The summed E-state index contributed by atoms with van der Waals surface area (Å²) in [5, 5.41) is 2.62. The summed E-state index contributed by atoms with van der Waals surface area (Å²) in [4.78, 5) is 21.3. The first-order valence-corrected chi connectivity index (χ1v) is 12.1. The van der Waals surface area contributed by atoms with Crippen LogP contribution in [0.1, 0.15) is 31.7 Å². The van der Waals surface area contributed by atoms with Crippen molar-refractivity contribution in [2.75, 3.05) is 18.2 Å². The van der Waals surface area contributed by atoms with Crippen molar-refractivity contribution in [3.63, 3.8) is 0 Å². The topological polar surface area (TPSA) is 98.2 Å². The highest BCUT2D eigenvalue weighted by Crippen LogP contribution is 2.34. The molecule has 172 valence electrons. The molecule has 10 heteroatoms. The molecular weight excluding hydrogens is 440 g/mol. The number of ether oxygens (including phenoxy) is 1. The van der Waals surface area contributed by atoms with Crippen LogP contribution in [0.15, 0.2) is 47.6 Å². The molecule has 1 N–H and O–H groups in total. The molecule has 1 aliphatic carbocycles. The van der Waals surface area contributed by atoms with Gasteiger partial charge in [0.1, 0.15) is 12.3 Å². The highest BCUT2D eigenvalue weighted by molar-refractivity contribution is 7.90. The molecule has 0 saturated heterocycles. The SMILES string of the molecule is CCCOc1cnc(NC(=O)/C(=C/[C@H]2C[C@@H](F)[C@@H](F)C2)c2ccc(S(C)(=O)=O)cc2)cn1. The van der Waals surface area contributed by atoms with Gasteiger partial charge >= 0.3 is 0 Å². The van der Waals surface area contributed by atoms with Gasteiger partial charge < -0.3 is 10.1 Å². The molecule has 2 aromatic rings. The van der Waals surface area contributed by atoms with E-state index in [-0.39, 0.29) is 29.1 Å². The summed E-state index contributed by atoms with van der Waals surface area (Å²) in [5.41, 5.74) is 0.591. The molecule has 0 radical (unpaired) electrons. The summed E-state index contributed by atoms with van der Waals surface area (Å²) >= 11 is 0. The van der Waals surface area contributed by atoms with E-state index in [1.165, 1.54) is 42.7 Å². The zero-order chi connectivity index (χ0) is 23.3. The van der Waals surface area contributed by atoms with E-state index >= 15 is 0 Å². The van der Waals surface area contributed by atoms with Gasteiger partial charge in [-0.05, 0) is 42.9 Å². The maximum absolute atomic E-state index is 13.7. The van der Waals surface area contributed by atoms with Crippen LogP contribution in [0, 0.1) is 5.92 Å². The van der Waals surface area contributed by atoms with Crippen molar-refractivity contribution in [2.24, 2.45) is 5.92 Å². The number of carbonyl (C=O) groups is 1. The van der Waals surface area contributed by atoms with Crippen molar-refractivity contribution in [1.29, 1.82) is 0 Å². The first kappa shape index (κ1) is 23.8. The number of allylic oxidation sites excluding steroid dienone is 1. The summed E-state index contributed by atoms with van der Waals surface area (Å²) in [6, 6.07) is 5.75. The minimum absolute atomic E-state index is 0.0252. The summed E-state index contributed by atoms with van der Waals surface area (Å²) in [6.07, 6.45) is 2.96. The van der Waals surface area contributed by atoms with E-state index < -0.39 is 34.0 Å². The molecule has 32 heavy (non-hydrogen) atoms. The quantitative estimate of drug-likeness (QED) is 0.596. The Bertz CT molecular complexity index is 1060. The Hall–Kier alpha value is -2.88. The zero-order valence-corrected chi connectivity index (χ0v) is 18.6. The van der Waals surface area contributed by atoms with Gasteiger partial charge in [0.25, 0.3) is 5.91 Å². The molecule has 1 aliphatic rings. The maximum Gasteiger partial charge on any atom is 0.257 e. The second-order valence-electron chi connectivity index (χ2n) is 7.68. The summed E-state index contributed by atoms with van der Waals surface area (Å²) in [6.45, 7) is 2.45. The molecule has 0 spiro atoms. The molecule has 0 unspecified atom stereocenters. The monoisotopic (exact) mass is 465 g/mol. The number of nitrogens with zero attached hydrogens (tertiary/aromatic N) is 2. The minimum Gasteiger partial charge on any atom is -0.477 e. The average molecular weight is 466 g/mol. The van der Waals surface area contributed by atoms with Crippen molar-refractivity contribution in [3.05, 3.63) is 48.3 Å². The van der Waals surface area contributed by atoms with Crippen molar-refractivity contribution < 1.29 is 26.7 Å². The van der Waals surface area contributed by atoms with Crippen molar-refractivity contribution >= 4 is 27.1 Å². The fourth-order valence-electron chi connectivity index (χ4n) is 3.37. The number of nitrogens with one attached hydrogen (secondary N) is 1. The van der Waals surface area contributed by atoms with Crippen LogP contribution in [0.4, 0.5) is 14.6 Å². The first-order chi connectivity index (χ1) is 15.2. The van der Waals surface area contributed by atoms with Crippen LogP contribution in [-0.4, -0.2) is 49.5 Å². The highest BCUT2D eigenvalue weighted by Gasteiger charge is 2.34. The number of aromatic nitrogens is 2. The molecule has 1 heterocycles. The van der Waals surface area contributed by atoms with E-state index in [1.807, 2.05) is 6.92 Å². The van der Waals surface area contributed by atoms with Gasteiger partial charge in [-0.1, -0.05) is 25.1 Å². The van der Waals surface area contributed by atoms with Crippen LogP contribution in [0.2, 0.25) is 0 Å². The summed E-state index contributed by atoms with van der Waals surface area (Å²) in [7, 11) is -3.41. The number of hydrogen-bond donors (Lipinski definition) is 1. The molecular formula is C22H25F2N3O4S. The lowest BCUT2D eigenvalue weighted by Gasteiger charge is -2.12. The van der Waals surface area contributed by atoms with Gasteiger partial charge in [-0.15, -0.1) is 0 Å². The van der Waals surface area contributed by atoms with Gasteiger partial charge in [0, 0.05) is 11.8 Å². The average Bonchev–Trinajstić information content (AvgIpc) is 3.08. The van der Waals surface area contributed by atoms with Gasteiger partial charge in [-0.3, -0.25) is 4.79 Å². The first-order valence-electron chi connectivity index (χ1n) is 10.2. The van der Waals surface area contributed by atoms with Gasteiger partial charge in [0.2, 0.25) is 5.88 Å². The largest absolute Gasteiger partial charge is 0.477 e. The Kier molecular flexibility index (Phi) is 7.55. The van der Waals surface area contributed by atoms with Crippen LogP contribution in [0.25, 0.3) is 5.57 Å². The number of sulfone groups is 1. The van der Waals surface area contributed by atoms with Crippen molar-refractivity contribution in [1.82, 2.24) is 9.97 Å². The van der Waals surface area contributed by atoms with Gasteiger partial charge in [0.05, 0.1) is 23.9 Å². The number of carbonyl (C=O) groups excluding carboxylic acids is 1. The number of amides is 1. The van der Waals surface area contributed by atoms with Crippen LogP contribution < -0.4 is 10.1 Å². The molecule has 1 aromatic heterocycles. The smallest absolute Gasteiger partial charge is 0.257 e. The fraction of sp³-hybridized carbons (Fsp3) is 0.409. The number of benzene rings is 1. The Morgan fingerprint density at radius 2 is 1.81 bits per heavy atom. The molecule has 1 amide bonds. The van der Waals surface area contributed by atoms with E-state index in [4.69, 9.17) is 4.74 Å². The van der Waals surface area contributed by atoms with E-state index in [2.05, 4.69) is 15.3 Å². The lowest BCUT2D eigenvalue weighted by molar-refractivity contribution is -0.111. The summed E-state index contributed by atoms with van der Waals surface area (Å²) in [5.74, 6) is -0.515. The standard InChI is InChI=1S/C22H25F2N3O4S/c1-3-8-31-21-13-25-20(12-26-21)27-22(28)17(9-14-10-18(23)19(24)11-14)15-4-6-16(7-5-15)32(2,29)30/h4-7,9,12-14,18-19H,3,8,10-11H2,1-2H3,(H,25,27,28)/b17-9+/t14-,18+,19-. The minimum atomic E-state index is -3.41. The second-order valence-corrected chi connectivity index (χ2v) is 9.70. The highest BCUT2D eigenvalue weighted by atomic mass is 32.2. The molecule has 3 atom stereocenters. The van der Waals surface area contributed by atoms with Gasteiger partial charge in [0.15, 0.2) is 15.7 Å². The number of hydrogen-bond acceptors (Lipinski definition) is 6. The zero-order valence-electron chi connectivity index (χ0n) is 17.8. The predicted molar refractivity (Wildman–Crippen MR) is 116 cm³/mol. The molecule has 1 aromatic carbocycles. The Morgan fingerprint density at radius 3 is 2.34 bits per heavy atom. The van der Waals surface area contributed by atoms with Crippen LogP contribution >= 0.6 is 0 Å².